The summed E-state index contributed by atoms with van der Waals surface area (Å²) in [6.45, 7) is 3.99. The Labute approximate surface area is 116 Å². The van der Waals surface area contributed by atoms with Crippen LogP contribution in [-0.2, 0) is 16.1 Å². The molecular weight excluding hydrogens is 262 g/mol. The standard InChI is InChI=1S/C13H17N3O2S/c1-13(2)12(18)15-10(8-3-4-8)11(17)16(13)7-9-14-5-6-19-9/h5-6,8,10H,3-4,7H2,1-2H3,(H,15,18). The van der Waals surface area contributed by atoms with E-state index < -0.39 is 5.54 Å². The van der Waals surface area contributed by atoms with Gasteiger partial charge < -0.3 is 10.2 Å². The van der Waals surface area contributed by atoms with Crippen molar-refractivity contribution in [3.63, 3.8) is 0 Å². The molecule has 1 atom stereocenters. The number of nitrogens with zero attached hydrogens (tertiary/aromatic N) is 2. The second-order valence-electron chi connectivity index (χ2n) is 5.70. The van der Waals surface area contributed by atoms with Crippen LogP contribution in [0.5, 0.6) is 0 Å². The zero-order valence-corrected chi connectivity index (χ0v) is 11.9. The van der Waals surface area contributed by atoms with E-state index in [-0.39, 0.29) is 17.9 Å². The monoisotopic (exact) mass is 279 g/mol. The third-order valence-corrected chi connectivity index (χ3v) is 4.68. The molecule has 2 heterocycles. The smallest absolute Gasteiger partial charge is 0.246 e. The molecule has 3 rings (SSSR count). The number of carbonyl (C=O) groups is 2. The highest BCUT2D eigenvalue weighted by molar-refractivity contribution is 7.09. The lowest BCUT2D eigenvalue weighted by Gasteiger charge is -2.44. The maximum atomic E-state index is 12.6. The second-order valence-corrected chi connectivity index (χ2v) is 6.68. The van der Waals surface area contributed by atoms with Crippen molar-refractivity contribution in [3.05, 3.63) is 16.6 Å². The molecule has 1 saturated carbocycles. The van der Waals surface area contributed by atoms with Crippen LogP contribution < -0.4 is 5.32 Å². The molecular formula is C13H17N3O2S. The number of nitrogens with one attached hydrogen (secondary N) is 1. The van der Waals surface area contributed by atoms with Gasteiger partial charge in [0.1, 0.15) is 16.6 Å². The molecule has 1 saturated heterocycles. The van der Waals surface area contributed by atoms with Crippen LogP contribution in [0.25, 0.3) is 0 Å². The Balaban J connectivity index is 1.87. The summed E-state index contributed by atoms with van der Waals surface area (Å²) in [4.78, 5) is 30.7. The van der Waals surface area contributed by atoms with Crippen molar-refractivity contribution in [1.29, 1.82) is 0 Å². The molecule has 102 valence electrons. The van der Waals surface area contributed by atoms with Crippen LogP contribution >= 0.6 is 11.3 Å². The SMILES string of the molecule is CC1(C)C(=O)NC(C2CC2)C(=O)N1Cc1nccs1. The number of rotatable bonds is 3. The van der Waals surface area contributed by atoms with Gasteiger partial charge >= 0.3 is 0 Å². The average Bonchev–Trinajstić information content (AvgIpc) is 3.07. The number of piperazine rings is 1. The maximum Gasteiger partial charge on any atom is 0.246 e. The topological polar surface area (TPSA) is 62.3 Å². The van der Waals surface area contributed by atoms with E-state index in [2.05, 4.69) is 10.3 Å². The number of aromatic nitrogens is 1. The third-order valence-electron chi connectivity index (χ3n) is 3.92. The zero-order chi connectivity index (χ0) is 13.6. The van der Waals surface area contributed by atoms with Gasteiger partial charge in [0.25, 0.3) is 0 Å². The largest absolute Gasteiger partial charge is 0.342 e. The Kier molecular flexibility index (Phi) is 2.85. The molecule has 1 aromatic heterocycles. The first-order chi connectivity index (χ1) is 9.00. The average molecular weight is 279 g/mol. The number of thiazole rings is 1. The normalized spacial score (nSPS) is 26.4. The molecule has 1 unspecified atom stereocenters. The van der Waals surface area contributed by atoms with Gasteiger partial charge in [0, 0.05) is 11.6 Å². The predicted molar refractivity (Wildman–Crippen MR) is 71.4 cm³/mol. The summed E-state index contributed by atoms with van der Waals surface area (Å²) in [5.41, 5.74) is -0.811. The maximum absolute atomic E-state index is 12.6. The molecule has 5 nitrogen and oxygen atoms in total. The van der Waals surface area contributed by atoms with Gasteiger partial charge in [-0.3, -0.25) is 9.59 Å². The quantitative estimate of drug-likeness (QED) is 0.903. The molecule has 0 bridgehead atoms. The summed E-state index contributed by atoms with van der Waals surface area (Å²) in [6.07, 6.45) is 3.78. The van der Waals surface area contributed by atoms with Crippen molar-refractivity contribution in [1.82, 2.24) is 15.2 Å². The van der Waals surface area contributed by atoms with Crippen molar-refractivity contribution < 1.29 is 9.59 Å². The van der Waals surface area contributed by atoms with Gasteiger partial charge in [0.15, 0.2) is 0 Å². The lowest BCUT2D eigenvalue weighted by atomic mass is 9.94. The van der Waals surface area contributed by atoms with Crippen LogP contribution in [0.1, 0.15) is 31.7 Å². The van der Waals surface area contributed by atoms with Crippen molar-refractivity contribution in [2.24, 2.45) is 5.92 Å². The number of carbonyl (C=O) groups excluding carboxylic acids is 2. The third kappa shape index (κ3) is 2.14. The summed E-state index contributed by atoms with van der Waals surface area (Å²) in [5.74, 6) is 0.286. The molecule has 1 aliphatic heterocycles. The molecule has 19 heavy (non-hydrogen) atoms. The lowest BCUT2D eigenvalue weighted by Crippen LogP contribution is -2.68. The van der Waals surface area contributed by atoms with E-state index >= 15 is 0 Å². The number of amides is 2. The van der Waals surface area contributed by atoms with Gasteiger partial charge in [-0.25, -0.2) is 4.98 Å². The highest BCUT2D eigenvalue weighted by atomic mass is 32.1. The predicted octanol–water partition coefficient (Wildman–Crippen LogP) is 1.16. The molecule has 1 N–H and O–H groups in total. The molecule has 6 heteroatoms. The van der Waals surface area contributed by atoms with E-state index in [1.54, 1.807) is 24.9 Å². The molecule has 0 spiro atoms. The van der Waals surface area contributed by atoms with E-state index in [0.717, 1.165) is 17.8 Å². The van der Waals surface area contributed by atoms with E-state index in [4.69, 9.17) is 0 Å². The van der Waals surface area contributed by atoms with Crippen LogP contribution in [0.3, 0.4) is 0 Å². The Morgan fingerprint density at radius 1 is 1.47 bits per heavy atom. The highest BCUT2D eigenvalue weighted by Gasteiger charge is 2.50. The van der Waals surface area contributed by atoms with Gasteiger partial charge in [-0.05, 0) is 32.6 Å². The van der Waals surface area contributed by atoms with E-state index in [0.29, 0.717) is 12.5 Å². The fourth-order valence-corrected chi connectivity index (χ4v) is 3.04. The van der Waals surface area contributed by atoms with Crippen molar-refractivity contribution >= 4 is 23.2 Å². The van der Waals surface area contributed by atoms with Crippen LogP contribution in [0.4, 0.5) is 0 Å². The van der Waals surface area contributed by atoms with E-state index in [9.17, 15) is 9.59 Å². The van der Waals surface area contributed by atoms with Gasteiger partial charge in [-0.1, -0.05) is 0 Å². The number of hydrogen-bond donors (Lipinski definition) is 1. The van der Waals surface area contributed by atoms with Gasteiger partial charge in [-0.2, -0.15) is 0 Å². The lowest BCUT2D eigenvalue weighted by molar-refractivity contribution is -0.156. The minimum atomic E-state index is -0.811. The van der Waals surface area contributed by atoms with Crippen molar-refractivity contribution in [3.8, 4) is 0 Å². The summed E-state index contributed by atoms with van der Waals surface area (Å²) >= 11 is 1.51. The fraction of sp³-hybridized carbons (Fsp3) is 0.615. The van der Waals surface area contributed by atoms with E-state index in [1.165, 1.54) is 11.3 Å². The van der Waals surface area contributed by atoms with E-state index in [1.807, 2.05) is 5.38 Å². The minimum Gasteiger partial charge on any atom is -0.342 e. The van der Waals surface area contributed by atoms with Crippen LogP contribution in [0, 0.1) is 5.92 Å². The Bertz CT molecular complexity index is 508. The molecule has 2 aliphatic rings. The minimum absolute atomic E-state index is 0.0299. The van der Waals surface area contributed by atoms with Gasteiger partial charge in [-0.15, -0.1) is 11.3 Å². The fourth-order valence-electron chi connectivity index (χ4n) is 2.44. The Hall–Kier alpha value is -1.43. The first kappa shape index (κ1) is 12.6. The molecule has 0 radical (unpaired) electrons. The van der Waals surface area contributed by atoms with Gasteiger partial charge in [0.05, 0.1) is 6.54 Å². The summed E-state index contributed by atoms with van der Waals surface area (Å²) in [6, 6.07) is -0.333. The van der Waals surface area contributed by atoms with Crippen molar-refractivity contribution in [2.45, 2.75) is 44.8 Å². The molecule has 2 fully saturated rings. The zero-order valence-electron chi connectivity index (χ0n) is 11.0. The van der Waals surface area contributed by atoms with Crippen LogP contribution in [-0.4, -0.2) is 33.3 Å². The van der Waals surface area contributed by atoms with Crippen molar-refractivity contribution in [2.75, 3.05) is 0 Å². The molecule has 2 amide bonds. The second kappa shape index (κ2) is 4.30. The first-order valence-electron chi connectivity index (χ1n) is 6.51. The molecule has 1 aromatic rings. The number of hydrogen-bond acceptors (Lipinski definition) is 4. The van der Waals surface area contributed by atoms with Crippen LogP contribution in [0.2, 0.25) is 0 Å². The molecule has 1 aliphatic carbocycles. The first-order valence-corrected chi connectivity index (χ1v) is 7.39. The Morgan fingerprint density at radius 3 is 2.79 bits per heavy atom. The molecule has 0 aromatic carbocycles. The highest BCUT2D eigenvalue weighted by Crippen LogP contribution is 2.37. The summed E-state index contributed by atoms with van der Waals surface area (Å²) in [5, 5.41) is 5.63. The Morgan fingerprint density at radius 2 is 2.21 bits per heavy atom. The summed E-state index contributed by atoms with van der Waals surface area (Å²) in [7, 11) is 0. The van der Waals surface area contributed by atoms with Gasteiger partial charge in [0.2, 0.25) is 11.8 Å². The summed E-state index contributed by atoms with van der Waals surface area (Å²) < 4.78 is 0. The van der Waals surface area contributed by atoms with Crippen LogP contribution in [0.15, 0.2) is 11.6 Å².